The highest BCUT2D eigenvalue weighted by atomic mass is 32.2. The number of anilines is 1. The van der Waals surface area contributed by atoms with E-state index in [0.717, 1.165) is 38.9 Å². The smallest absolute Gasteiger partial charge is 0.234 e. The van der Waals surface area contributed by atoms with Crippen LogP contribution in [0.25, 0.3) is 27.7 Å². The molecule has 6 heteroatoms. The zero-order valence-corrected chi connectivity index (χ0v) is 17.8. The lowest BCUT2D eigenvalue weighted by atomic mass is 10.0. The standard InChI is InChI=1S/C25H20N4OS/c1-17-15-19-11-5-8-14-22(19)29-24(17)27-28-25(29)31-16-23(30)26-21-13-7-6-12-20(21)18-9-3-2-4-10-18/h2-15H,16H2,1H3,(H,26,30). The van der Waals surface area contributed by atoms with Crippen molar-refractivity contribution in [3.8, 4) is 11.1 Å². The van der Waals surface area contributed by atoms with E-state index < -0.39 is 0 Å². The van der Waals surface area contributed by atoms with Crippen LogP contribution in [-0.2, 0) is 4.79 Å². The van der Waals surface area contributed by atoms with Gasteiger partial charge < -0.3 is 5.32 Å². The SMILES string of the molecule is Cc1cc2ccccc2n2c(SCC(=O)Nc3ccccc3-c3ccccc3)nnc12. The number of amides is 1. The molecule has 0 bridgehead atoms. The molecule has 31 heavy (non-hydrogen) atoms. The number of fused-ring (bicyclic) bond motifs is 3. The highest BCUT2D eigenvalue weighted by molar-refractivity contribution is 7.99. The zero-order valence-electron chi connectivity index (χ0n) is 16.9. The first-order chi connectivity index (χ1) is 15.2. The van der Waals surface area contributed by atoms with Crippen molar-refractivity contribution in [2.24, 2.45) is 0 Å². The average molecular weight is 425 g/mol. The monoisotopic (exact) mass is 424 g/mol. The molecule has 1 amide bonds. The van der Waals surface area contributed by atoms with Crippen LogP contribution in [0.5, 0.6) is 0 Å². The van der Waals surface area contributed by atoms with Crippen molar-refractivity contribution < 1.29 is 4.79 Å². The molecule has 0 spiro atoms. The number of thioether (sulfide) groups is 1. The van der Waals surface area contributed by atoms with Crippen LogP contribution in [0.3, 0.4) is 0 Å². The zero-order chi connectivity index (χ0) is 21.2. The van der Waals surface area contributed by atoms with Gasteiger partial charge in [-0.1, -0.05) is 78.5 Å². The van der Waals surface area contributed by atoms with E-state index in [1.54, 1.807) is 0 Å². The van der Waals surface area contributed by atoms with Gasteiger partial charge in [0.25, 0.3) is 0 Å². The fourth-order valence-electron chi connectivity index (χ4n) is 3.72. The Balaban J connectivity index is 1.39. The van der Waals surface area contributed by atoms with E-state index in [0.29, 0.717) is 5.16 Å². The Kier molecular flexibility index (Phi) is 5.14. The van der Waals surface area contributed by atoms with Gasteiger partial charge in [0.1, 0.15) is 0 Å². The molecule has 0 saturated heterocycles. The highest BCUT2D eigenvalue weighted by Crippen LogP contribution is 2.29. The van der Waals surface area contributed by atoms with Crippen LogP contribution in [0.15, 0.2) is 90.1 Å². The molecular formula is C25H20N4OS. The van der Waals surface area contributed by atoms with E-state index in [1.165, 1.54) is 11.8 Å². The van der Waals surface area contributed by atoms with Crippen molar-refractivity contribution >= 4 is 39.9 Å². The molecule has 0 unspecified atom stereocenters. The molecule has 1 N–H and O–H groups in total. The minimum atomic E-state index is -0.0814. The number of benzene rings is 3. The molecule has 5 nitrogen and oxygen atoms in total. The van der Waals surface area contributed by atoms with Crippen molar-refractivity contribution in [1.29, 1.82) is 0 Å². The van der Waals surface area contributed by atoms with Gasteiger partial charge in [0.15, 0.2) is 10.8 Å². The minimum Gasteiger partial charge on any atom is -0.325 e. The lowest BCUT2D eigenvalue weighted by Crippen LogP contribution is -2.15. The largest absolute Gasteiger partial charge is 0.325 e. The summed E-state index contributed by atoms with van der Waals surface area (Å²) < 4.78 is 2.03. The molecular weight excluding hydrogens is 404 g/mol. The molecule has 152 valence electrons. The number of carbonyl (C=O) groups excluding carboxylic acids is 1. The summed E-state index contributed by atoms with van der Waals surface area (Å²) in [6.07, 6.45) is 0. The minimum absolute atomic E-state index is 0.0814. The second kappa shape index (κ2) is 8.24. The molecule has 2 heterocycles. The number of rotatable bonds is 5. The molecule has 0 fully saturated rings. The number of hydrogen-bond acceptors (Lipinski definition) is 4. The lowest BCUT2D eigenvalue weighted by molar-refractivity contribution is -0.113. The number of hydrogen-bond donors (Lipinski definition) is 1. The first kappa shape index (κ1) is 19.3. The van der Waals surface area contributed by atoms with Gasteiger partial charge in [0.2, 0.25) is 5.91 Å². The Hall–Kier alpha value is -3.64. The van der Waals surface area contributed by atoms with Gasteiger partial charge in [0, 0.05) is 11.3 Å². The summed E-state index contributed by atoms with van der Waals surface area (Å²) in [4.78, 5) is 12.8. The average Bonchev–Trinajstić information content (AvgIpc) is 3.24. The quantitative estimate of drug-likeness (QED) is 0.374. The topological polar surface area (TPSA) is 59.3 Å². The molecule has 0 atom stereocenters. The summed E-state index contributed by atoms with van der Waals surface area (Å²) in [6, 6.07) is 28.1. The number of aryl methyl sites for hydroxylation is 1. The van der Waals surface area contributed by atoms with E-state index >= 15 is 0 Å². The summed E-state index contributed by atoms with van der Waals surface area (Å²) in [5, 5.41) is 13.6. The van der Waals surface area contributed by atoms with E-state index in [4.69, 9.17) is 0 Å². The highest BCUT2D eigenvalue weighted by Gasteiger charge is 2.14. The summed E-state index contributed by atoms with van der Waals surface area (Å²) in [5.74, 6) is 0.161. The number of nitrogens with zero attached hydrogens (tertiary/aromatic N) is 3. The molecule has 5 aromatic rings. The molecule has 5 rings (SSSR count). The third-order valence-corrected chi connectivity index (χ3v) is 6.08. The van der Waals surface area contributed by atoms with Crippen LogP contribution >= 0.6 is 11.8 Å². The Morgan fingerprint density at radius 1 is 0.935 bits per heavy atom. The number of pyridine rings is 1. The van der Waals surface area contributed by atoms with Crippen LogP contribution in [0.2, 0.25) is 0 Å². The first-order valence-corrected chi connectivity index (χ1v) is 11.0. The molecule has 0 aliphatic heterocycles. The van der Waals surface area contributed by atoms with Gasteiger partial charge in [-0.3, -0.25) is 9.20 Å². The number of para-hydroxylation sites is 2. The molecule has 0 aliphatic carbocycles. The van der Waals surface area contributed by atoms with Crippen LogP contribution < -0.4 is 5.32 Å². The van der Waals surface area contributed by atoms with Gasteiger partial charge >= 0.3 is 0 Å². The maximum atomic E-state index is 12.8. The maximum Gasteiger partial charge on any atom is 0.234 e. The van der Waals surface area contributed by atoms with Crippen molar-refractivity contribution in [3.05, 3.63) is 90.5 Å². The first-order valence-electron chi connectivity index (χ1n) is 10.0. The lowest BCUT2D eigenvalue weighted by Gasteiger charge is -2.11. The van der Waals surface area contributed by atoms with Gasteiger partial charge in [-0.05, 0) is 41.6 Å². The fourth-order valence-corrected chi connectivity index (χ4v) is 4.47. The Bertz CT molecular complexity index is 1400. The third-order valence-electron chi connectivity index (χ3n) is 5.15. The predicted molar refractivity (Wildman–Crippen MR) is 126 cm³/mol. The molecule has 0 radical (unpaired) electrons. The van der Waals surface area contributed by atoms with E-state index in [9.17, 15) is 4.79 Å². The van der Waals surface area contributed by atoms with Crippen molar-refractivity contribution in [3.63, 3.8) is 0 Å². The normalized spacial score (nSPS) is 11.1. The van der Waals surface area contributed by atoms with Crippen LogP contribution in [-0.4, -0.2) is 26.3 Å². The van der Waals surface area contributed by atoms with Gasteiger partial charge in [-0.15, -0.1) is 10.2 Å². The van der Waals surface area contributed by atoms with E-state index in [-0.39, 0.29) is 11.7 Å². The van der Waals surface area contributed by atoms with Gasteiger partial charge in [-0.25, -0.2) is 0 Å². The second-order valence-electron chi connectivity index (χ2n) is 7.28. The van der Waals surface area contributed by atoms with Crippen LogP contribution in [0, 0.1) is 6.92 Å². The number of carbonyl (C=O) groups is 1. The summed E-state index contributed by atoms with van der Waals surface area (Å²) >= 11 is 1.39. The Morgan fingerprint density at radius 3 is 2.55 bits per heavy atom. The summed E-state index contributed by atoms with van der Waals surface area (Å²) in [5.41, 5.74) is 5.76. The van der Waals surface area contributed by atoms with E-state index in [2.05, 4.69) is 27.6 Å². The predicted octanol–water partition coefficient (Wildman–Crippen LogP) is 5.59. The molecule has 0 saturated carbocycles. The van der Waals surface area contributed by atoms with Gasteiger partial charge in [0.05, 0.1) is 11.3 Å². The number of nitrogens with one attached hydrogen (secondary N) is 1. The maximum absolute atomic E-state index is 12.8. The van der Waals surface area contributed by atoms with E-state index in [1.807, 2.05) is 84.1 Å². The molecule has 2 aromatic heterocycles. The summed E-state index contributed by atoms with van der Waals surface area (Å²) in [7, 11) is 0. The molecule has 0 aliphatic rings. The van der Waals surface area contributed by atoms with Gasteiger partial charge in [-0.2, -0.15) is 0 Å². The summed E-state index contributed by atoms with van der Waals surface area (Å²) in [6.45, 7) is 2.03. The fraction of sp³-hybridized carbons (Fsp3) is 0.0800. The second-order valence-corrected chi connectivity index (χ2v) is 8.22. The van der Waals surface area contributed by atoms with Crippen molar-refractivity contribution in [1.82, 2.24) is 14.6 Å². The van der Waals surface area contributed by atoms with Crippen molar-refractivity contribution in [2.75, 3.05) is 11.1 Å². The molecule has 3 aromatic carbocycles. The van der Waals surface area contributed by atoms with Crippen molar-refractivity contribution in [2.45, 2.75) is 12.1 Å². The van der Waals surface area contributed by atoms with Crippen LogP contribution in [0.1, 0.15) is 5.56 Å². The number of aromatic nitrogens is 3. The Morgan fingerprint density at radius 2 is 1.68 bits per heavy atom. The Labute approximate surface area is 184 Å². The van der Waals surface area contributed by atoms with Crippen LogP contribution in [0.4, 0.5) is 5.69 Å². The third kappa shape index (κ3) is 3.78.